The highest BCUT2D eigenvalue weighted by Crippen LogP contribution is 2.30. The van der Waals surface area contributed by atoms with Gasteiger partial charge in [-0.15, -0.1) is 0 Å². The Morgan fingerprint density at radius 2 is 1.90 bits per heavy atom. The van der Waals surface area contributed by atoms with Crippen LogP contribution in [-0.4, -0.2) is 21.9 Å². The molecule has 4 N–H and O–H groups in total. The molecule has 2 rings (SSSR count). The van der Waals surface area contributed by atoms with Crippen molar-refractivity contribution >= 4 is 5.69 Å². The molecule has 2 aromatic carbocycles. The number of aryl methyl sites for hydroxylation is 1. The molecule has 0 aromatic heterocycles. The Kier molecular flexibility index (Phi) is 5.06. The summed E-state index contributed by atoms with van der Waals surface area (Å²) < 4.78 is 0. The third kappa shape index (κ3) is 4.13. The molecule has 112 valence electrons. The van der Waals surface area contributed by atoms with E-state index in [1.807, 2.05) is 31.2 Å². The normalized spacial score (nSPS) is 12.1. The molecule has 1 atom stereocenters. The van der Waals surface area contributed by atoms with Crippen LogP contribution in [0.25, 0.3) is 0 Å². The first-order chi connectivity index (χ1) is 10.1. The van der Waals surface area contributed by atoms with E-state index in [1.54, 1.807) is 6.07 Å². The average molecular weight is 287 g/mol. The van der Waals surface area contributed by atoms with Gasteiger partial charge < -0.3 is 20.6 Å². The fourth-order valence-electron chi connectivity index (χ4n) is 2.32. The lowest BCUT2D eigenvalue weighted by atomic mass is 10.1. The zero-order chi connectivity index (χ0) is 15.2. The molecular weight excluding hydrogens is 266 g/mol. The van der Waals surface area contributed by atoms with Gasteiger partial charge in [0, 0.05) is 17.9 Å². The van der Waals surface area contributed by atoms with Gasteiger partial charge in [0.1, 0.15) is 11.5 Å². The van der Waals surface area contributed by atoms with Crippen LogP contribution in [0.5, 0.6) is 11.5 Å². The van der Waals surface area contributed by atoms with Crippen LogP contribution in [0.15, 0.2) is 42.5 Å². The molecule has 0 saturated carbocycles. The highest BCUT2D eigenvalue weighted by molar-refractivity contribution is 5.50. The zero-order valence-electron chi connectivity index (χ0n) is 12.1. The summed E-state index contributed by atoms with van der Waals surface area (Å²) in [5.74, 6) is 0.289. The summed E-state index contributed by atoms with van der Waals surface area (Å²) in [5, 5.41) is 31.6. The Bertz CT molecular complexity index is 598. The fraction of sp³-hybridized carbons (Fsp3) is 0.294. The van der Waals surface area contributed by atoms with Crippen LogP contribution in [0.2, 0.25) is 0 Å². The molecule has 0 bridgehead atoms. The molecule has 0 radical (unpaired) electrons. The summed E-state index contributed by atoms with van der Waals surface area (Å²) in [6.07, 6.45) is 1.57. The first-order valence-corrected chi connectivity index (χ1v) is 7.08. The van der Waals surface area contributed by atoms with Gasteiger partial charge in [-0.25, -0.2) is 0 Å². The largest absolute Gasteiger partial charge is 0.508 e. The smallest absolute Gasteiger partial charge is 0.121 e. The van der Waals surface area contributed by atoms with E-state index in [0.29, 0.717) is 5.56 Å². The Morgan fingerprint density at radius 3 is 2.67 bits per heavy atom. The van der Waals surface area contributed by atoms with Gasteiger partial charge in [-0.05, 0) is 55.7 Å². The topological polar surface area (TPSA) is 72.7 Å². The molecule has 2 aromatic rings. The average Bonchev–Trinajstić information content (AvgIpc) is 2.48. The lowest BCUT2D eigenvalue weighted by Gasteiger charge is -2.17. The van der Waals surface area contributed by atoms with Crippen molar-refractivity contribution in [2.45, 2.75) is 25.8 Å². The second-order valence-corrected chi connectivity index (χ2v) is 5.14. The zero-order valence-corrected chi connectivity index (χ0v) is 12.1. The maximum Gasteiger partial charge on any atom is 0.121 e. The molecule has 0 fully saturated rings. The highest BCUT2D eigenvalue weighted by atomic mass is 16.3. The van der Waals surface area contributed by atoms with Gasteiger partial charge in [-0.1, -0.05) is 12.1 Å². The molecule has 0 amide bonds. The summed E-state index contributed by atoms with van der Waals surface area (Å²) in [5.41, 5.74) is 2.75. The van der Waals surface area contributed by atoms with E-state index in [2.05, 4.69) is 5.32 Å². The number of phenols is 2. The van der Waals surface area contributed by atoms with Crippen molar-refractivity contribution in [3.8, 4) is 11.5 Å². The number of rotatable bonds is 6. The van der Waals surface area contributed by atoms with Gasteiger partial charge in [0.2, 0.25) is 0 Å². The van der Waals surface area contributed by atoms with Gasteiger partial charge >= 0.3 is 0 Å². The van der Waals surface area contributed by atoms with Gasteiger partial charge in [0.05, 0.1) is 6.04 Å². The van der Waals surface area contributed by atoms with Gasteiger partial charge in [-0.2, -0.15) is 0 Å². The van der Waals surface area contributed by atoms with Crippen LogP contribution in [0.3, 0.4) is 0 Å². The number of hydrogen-bond donors (Lipinski definition) is 4. The van der Waals surface area contributed by atoms with Crippen molar-refractivity contribution in [3.05, 3.63) is 53.6 Å². The van der Waals surface area contributed by atoms with E-state index >= 15 is 0 Å². The number of anilines is 1. The molecule has 0 saturated heterocycles. The number of hydrogen-bond acceptors (Lipinski definition) is 4. The molecule has 0 heterocycles. The van der Waals surface area contributed by atoms with Crippen LogP contribution in [-0.2, 0) is 6.42 Å². The van der Waals surface area contributed by atoms with E-state index < -0.39 is 0 Å². The first-order valence-electron chi connectivity index (χ1n) is 7.08. The Morgan fingerprint density at radius 1 is 1.10 bits per heavy atom. The molecule has 4 nitrogen and oxygen atoms in total. The van der Waals surface area contributed by atoms with Crippen molar-refractivity contribution < 1.29 is 15.3 Å². The second-order valence-electron chi connectivity index (χ2n) is 5.14. The molecule has 0 spiro atoms. The van der Waals surface area contributed by atoms with E-state index in [4.69, 9.17) is 5.11 Å². The van der Waals surface area contributed by atoms with Crippen molar-refractivity contribution in [1.82, 2.24) is 0 Å². The van der Waals surface area contributed by atoms with E-state index in [9.17, 15) is 10.2 Å². The molecule has 1 unspecified atom stereocenters. The summed E-state index contributed by atoms with van der Waals surface area (Å²) in [6.45, 7) is 2.11. The maximum atomic E-state index is 9.88. The highest BCUT2D eigenvalue weighted by Gasteiger charge is 2.11. The third-order valence-corrected chi connectivity index (χ3v) is 3.41. The van der Waals surface area contributed by atoms with Gasteiger partial charge in [0.15, 0.2) is 0 Å². The molecular formula is C17H21NO3. The Balaban J connectivity index is 2.11. The summed E-state index contributed by atoms with van der Waals surface area (Å²) in [6, 6.07) is 12.3. The predicted molar refractivity (Wildman–Crippen MR) is 83.7 cm³/mol. The Hall–Kier alpha value is -2.20. The van der Waals surface area contributed by atoms with Crippen molar-refractivity contribution in [3.63, 3.8) is 0 Å². The minimum Gasteiger partial charge on any atom is -0.508 e. The number of aliphatic hydroxyl groups is 1. The number of phenolic OH excluding ortho intramolecular Hbond substituents is 2. The van der Waals surface area contributed by atoms with Crippen LogP contribution >= 0.6 is 0 Å². The van der Waals surface area contributed by atoms with E-state index in [1.165, 1.54) is 12.1 Å². The number of benzene rings is 2. The van der Waals surface area contributed by atoms with Crippen molar-refractivity contribution in [2.75, 3.05) is 11.9 Å². The van der Waals surface area contributed by atoms with Gasteiger partial charge in [0.25, 0.3) is 0 Å². The van der Waals surface area contributed by atoms with Crippen LogP contribution in [0.1, 0.15) is 30.5 Å². The molecule has 21 heavy (non-hydrogen) atoms. The molecule has 4 heteroatoms. The van der Waals surface area contributed by atoms with Gasteiger partial charge in [-0.3, -0.25) is 0 Å². The summed E-state index contributed by atoms with van der Waals surface area (Å²) in [7, 11) is 0. The summed E-state index contributed by atoms with van der Waals surface area (Å²) >= 11 is 0. The van der Waals surface area contributed by atoms with Crippen molar-refractivity contribution in [2.24, 2.45) is 0 Å². The molecule has 0 aliphatic heterocycles. The van der Waals surface area contributed by atoms with E-state index in [-0.39, 0.29) is 24.1 Å². The molecule has 0 aliphatic carbocycles. The SMILES string of the molecule is CC(Nc1cccc(CCCO)c1)c1cc(O)ccc1O. The van der Waals surface area contributed by atoms with Crippen LogP contribution in [0, 0.1) is 0 Å². The first kappa shape index (κ1) is 15.2. The van der Waals surface area contributed by atoms with E-state index in [0.717, 1.165) is 24.1 Å². The monoisotopic (exact) mass is 287 g/mol. The Labute approximate surface area is 124 Å². The maximum absolute atomic E-state index is 9.88. The number of aromatic hydroxyl groups is 2. The third-order valence-electron chi connectivity index (χ3n) is 3.41. The molecule has 0 aliphatic rings. The number of nitrogens with one attached hydrogen (secondary N) is 1. The predicted octanol–water partition coefficient (Wildman–Crippen LogP) is 3.20. The minimum atomic E-state index is -0.134. The standard InChI is InChI=1S/C17H21NO3/c1-12(16-11-15(20)7-8-17(16)21)18-14-6-2-4-13(10-14)5-3-9-19/h2,4,6-8,10-12,18-21H,3,5,9H2,1H3. The lowest BCUT2D eigenvalue weighted by molar-refractivity contribution is 0.288. The second kappa shape index (κ2) is 6.99. The number of aliphatic hydroxyl groups excluding tert-OH is 1. The van der Waals surface area contributed by atoms with Crippen molar-refractivity contribution in [1.29, 1.82) is 0 Å². The minimum absolute atomic E-state index is 0.133. The van der Waals surface area contributed by atoms with Crippen LogP contribution in [0.4, 0.5) is 5.69 Å². The quantitative estimate of drug-likeness (QED) is 0.616. The fourth-order valence-corrected chi connectivity index (χ4v) is 2.32. The van der Waals surface area contributed by atoms with Crippen LogP contribution < -0.4 is 5.32 Å². The summed E-state index contributed by atoms with van der Waals surface area (Å²) in [4.78, 5) is 0. The lowest BCUT2D eigenvalue weighted by Crippen LogP contribution is -2.07.